The summed E-state index contributed by atoms with van der Waals surface area (Å²) in [6, 6.07) is 37.2. The van der Waals surface area contributed by atoms with E-state index in [-0.39, 0.29) is 25.7 Å². The number of furan rings is 1. The van der Waals surface area contributed by atoms with Crippen LogP contribution in [-0.2, 0) is 32.9 Å². The molecule has 49 heavy (non-hydrogen) atoms. The number of hydrogen-bond donors (Lipinski definition) is 0. The molecule has 0 N–H and O–H groups in total. The summed E-state index contributed by atoms with van der Waals surface area (Å²) in [5.41, 5.74) is 5.76. The summed E-state index contributed by atoms with van der Waals surface area (Å²) in [5.74, 6) is 6.66. The first kappa shape index (κ1) is 27.9. The Hall–Kier alpha value is -3.83. The Labute approximate surface area is 317 Å². The summed E-state index contributed by atoms with van der Waals surface area (Å²) in [6.45, 7) is 3.53. The Morgan fingerprint density at radius 3 is 2.31 bits per heavy atom. The largest absolute Gasteiger partial charge is 0.501 e. The van der Waals surface area contributed by atoms with Gasteiger partial charge in [0.25, 0.3) is 0 Å². The van der Waals surface area contributed by atoms with Crippen LogP contribution in [0.15, 0.2) is 120 Å². The van der Waals surface area contributed by atoms with Crippen LogP contribution < -0.4 is 4.40 Å². The van der Waals surface area contributed by atoms with Crippen molar-refractivity contribution in [3.05, 3.63) is 150 Å². The average Bonchev–Trinajstić information content (AvgIpc) is 3.53. The molecule has 251 valence electrons. The molecular weight excluding hydrogens is 837 g/mol. The number of hydrogen-bond acceptors (Lipinski definition) is 3. The third kappa shape index (κ3) is 9.05. The molecule has 0 amide bonds. The van der Waals surface area contributed by atoms with Gasteiger partial charge >= 0.3 is 155 Å². The molecule has 0 saturated carbocycles. The maximum absolute atomic E-state index is 8.89. The molecule has 4 aromatic carbocycles. The van der Waals surface area contributed by atoms with Crippen molar-refractivity contribution in [2.24, 2.45) is 5.41 Å². The van der Waals surface area contributed by atoms with Crippen molar-refractivity contribution in [2.75, 3.05) is 0 Å². The van der Waals surface area contributed by atoms with Gasteiger partial charge in [-0.2, -0.15) is 0 Å². The fourth-order valence-electron chi connectivity index (χ4n) is 5.52. The van der Waals surface area contributed by atoms with E-state index in [0.717, 1.165) is 31.9 Å². The van der Waals surface area contributed by atoms with Gasteiger partial charge in [0.2, 0.25) is 0 Å². The monoisotopic (exact) mass is 890 g/mol. The summed E-state index contributed by atoms with van der Waals surface area (Å²) < 4.78 is 64.5. The number of aryl methyl sites for hydroxylation is 1. The van der Waals surface area contributed by atoms with Crippen LogP contribution in [-0.4, -0.2) is 23.2 Å². The number of benzene rings is 4. The van der Waals surface area contributed by atoms with Crippen LogP contribution in [0.4, 0.5) is 0 Å². The van der Waals surface area contributed by atoms with Gasteiger partial charge in [-0.05, 0) is 29.6 Å². The normalized spacial score (nSPS) is 14.5. The van der Waals surface area contributed by atoms with Gasteiger partial charge < -0.3 is 9.40 Å². The smallest absolute Gasteiger partial charge is 0.120 e. The molecular formula is C44H44GeIrN2O-2. The fraction of sp³-hybridized carbons (Fsp3) is 0.227. The second kappa shape index (κ2) is 15.4. The molecule has 0 aliphatic rings. The Bertz CT molecular complexity index is 2450. The molecule has 0 fully saturated rings. The summed E-state index contributed by atoms with van der Waals surface area (Å²) in [5, 5.41) is 2.07. The van der Waals surface area contributed by atoms with Gasteiger partial charge in [0.1, 0.15) is 5.58 Å². The second-order valence-corrected chi connectivity index (χ2v) is 24.4. The van der Waals surface area contributed by atoms with E-state index in [9.17, 15) is 0 Å². The Balaban J connectivity index is 0.000000211. The first-order chi connectivity index (χ1) is 25.7. The fourth-order valence-corrected chi connectivity index (χ4v) is 8.45. The number of pyridine rings is 2. The van der Waals surface area contributed by atoms with Crippen molar-refractivity contribution in [1.82, 2.24) is 9.97 Å². The minimum absolute atomic E-state index is 0. The van der Waals surface area contributed by atoms with Crippen molar-refractivity contribution < 1.29 is 34.1 Å². The average molecular weight is 889 g/mol. The summed E-state index contributed by atoms with van der Waals surface area (Å²) in [4.78, 5) is 9.05. The molecule has 0 bridgehead atoms. The standard InChI is InChI=1S/C22H24GeN.C22H20NO.Ir/c1-17-10-12-19(13-11-17)22-15-20(14-18-8-6-5-7-9-18)21(16-24-22)23(2,3)4;1-22(2,3)14-15-11-12-23-19(13-15)18-9-6-8-17-16-7-4-5-10-20(16)24-21(17)18;/h5-12,15-16H,14H2,1-4H3;4-8,10-13H,14H2,1-3H3;/q2*-1;/i1D3,14D2;14D2;. The van der Waals surface area contributed by atoms with Crippen molar-refractivity contribution in [3.8, 4) is 22.5 Å². The van der Waals surface area contributed by atoms with Crippen molar-refractivity contribution in [2.45, 2.75) is 57.6 Å². The van der Waals surface area contributed by atoms with Gasteiger partial charge in [-0.3, -0.25) is 0 Å². The summed E-state index contributed by atoms with van der Waals surface area (Å²) in [6.07, 6.45) is 0.318. The number of nitrogens with zero attached hydrogens (tertiary/aromatic N) is 2. The SMILES string of the molecule is [2H]C([2H])([2H])c1c[c-]c(-c2cc(C([2H])([2H])c3ccccc3)[c]([Ge]([CH3])([CH3])[CH3])cn2)cc1.[2H]C([2H])(c1ccnc(-c2[c-]ccc3c2oc2ccccc23)c1)C(C)(C)C.[Ir]. The molecule has 0 unspecified atom stereocenters. The second-order valence-electron chi connectivity index (χ2n) is 13.8. The van der Waals surface area contributed by atoms with Crippen molar-refractivity contribution >= 4 is 39.6 Å². The number of fused-ring (bicyclic) bond motifs is 3. The van der Waals surface area contributed by atoms with E-state index in [2.05, 4.69) is 39.4 Å². The van der Waals surface area contributed by atoms with E-state index in [1.165, 1.54) is 6.07 Å². The van der Waals surface area contributed by atoms with Gasteiger partial charge in [-0.1, -0.05) is 61.5 Å². The first-order valence-corrected chi connectivity index (χ1v) is 23.4. The topological polar surface area (TPSA) is 38.9 Å². The molecule has 0 aliphatic heterocycles. The zero-order chi connectivity index (χ0) is 40.0. The predicted molar refractivity (Wildman–Crippen MR) is 204 cm³/mol. The van der Waals surface area contributed by atoms with Crippen molar-refractivity contribution in [1.29, 1.82) is 0 Å². The maximum Gasteiger partial charge on any atom is 0.120 e. The van der Waals surface area contributed by atoms with E-state index in [1.807, 2.05) is 81.4 Å². The zero-order valence-electron chi connectivity index (χ0n) is 35.6. The Morgan fingerprint density at radius 2 is 1.59 bits per heavy atom. The Morgan fingerprint density at radius 1 is 0.816 bits per heavy atom. The predicted octanol–water partition coefficient (Wildman–Crippen LogP) is 11.0. The molecule has 3 aromatic heterocycles. The van der Waals surface area contributed by atoms with Crippen LogP contribution in [0.1, 0.15) is 52.6 Å². The van der Waals surface area contributed by atoms with E-state index >= 15 is 0 Å². The third-order valence-corrected chi connectivity index (χ3v) is 12.0. The van der Waals surface area contributed by atoms with Crippen LogP contribution in [0.3, 0.4) is 0 Å². The maximum atomic E-state index is 8.89. The molecule has 0 aliphatic carbocycles. The van der Waals surface area contributed by atoms with Crippen LogP contribution in [0.2, 0.25) is 17.3 Å². The molecule has 7 aromatic rings. The van der Waals surface area contributed by atoms with E-state index < -0.39 is 38.3 Å². The number of para-hydroxylation sites is 1. The van der Waals surface area contributed by atoms with E-state index in [1.54, 1.807) is 48.8 Å². The molecule has 5 heteroatoms. The minimum atomic E-state index is -2.42. The van der Waals surface area contributed by atoms with Gasteiger partial charge in [0.05, 0.1) is 5.58 Å². The molecule has 0 spiro atoms. The van der Waals surface area contributed by atoms with E-state index in [0.29, 0.717) is 33.6 Å². The number of aromatic nitrogens is 2. The van der Waals surface area contributed by atoms with Crippen LogP contribution in [0, 0.1) is 24.4 Å². The van der Waals surface area contributed by atoms with Crippen molar-refractivity contribution in [3.63, 3.8) is 0 Å². The van der Waals surface area contributed by atoms with Gasteiger partial charge in [-0.25, -0.2) is 0 Å². The number of rotatable bonds is 6. The summed E-state index contributed by atoms with van der Waals surface area (Å²) >= 11 is -2.42. The molecule has 0 atom stereocenters. The molecule has 3 nitrogen and oxygen atoms in total. The van der Waals surface area contributed by atoms with Crippen LogP contribution >= 0.6 is 0 Å². The van der Waals surface area contributed by atoms with Gasteiger partial charge in [0.15, 0.2) is 0 Å². The first-order valence-electron chi connectivity index (χ1n) is 19.6. The Kier molecular flexibility index (Phi) is 8.77. The molecule has 7 rings (SSSR count). The van der Waals surface area contributed by atoms with Crippen LogP contribution in [0.25, 0.3) is 44.5 Å². The van der Waals surface area contributed by atoms with Crippen LogP contribution in [0.5, 0.6) is 0 Å². The zero-order valence-corrected chi connectivity index (χ0v) is 33.1. The van der Waals surface area contributed by atoms with Gasteiger partial charge in [0, 0.05) is 34.4 Å². The third-order valence-electron chi connectivity index (χ3n) is 7.73. The van der Waals surface area contributed by atoms with Gasteiger partial charge in [-0.15, -0.1) is 18.2 Å². The molecule has 0 saturated heterocycles. The quantitative estimate of drug-likeness (QED) is 0.123. The summed E-state index contributed by atoms with van der Waals surface area (Å²) in [7, 11) is 0. The molecule has 3 heterocycles. The minimum Gasteiger partial charge on any atom is -0.501 e. The van der Waals surface area contributed by atoms with E-state index in [4.69, 9.17) is 14.0 Å². The molecule has 1 radical (unpaired) electrons.